The first kappa shape index (κ1) is 20.3. The lowest BCUT2D eigenvalue weighted by molar-refractivity contribution is -0.132. The van der Waals surface area contributed by atoms with Crippen LogP contribution in [0.2, 0.25) is 0 Å². The third kappa shape index (κ3) is 3.34. The van der Waals surface area contributed by atoms with E-state index in [1.54, 1.807) is 61.5 Å². The highest BCUT2D eigenvalue weighted by Gasteiger charge is 2.48. The number of carbonyl (C=O) groups excluding carboxylic acids is 2. The molecule has 3 aromatic rings. The number of carbonyl (C=O) groups is 2. The minimum absolute atomic E-state index is 0.106. The summed E-state index contributed by atoms with van der Waals surface area (Å²) in [5, 5.41) is 11.3. The normalized spacial score (nSPS) is 17.8. The molecule has 1 unspecified atom stereocenters. The van der Waals surface area contributed by atoms with Gasteiger partial charge in [-0.3, -0.25) is 14.5 Å². The maximum Gasteiger partial charge on any atom is 0.300 e. The summed E-state index contributed by atoms with van der Waals surface area (Å²) in [4.78, 5) is 27.6. The Morgan fingerprint density at radius 1 is 0.935 bits per heavy atom. The van der Waals surface area contributed by atoms with Crippen molar-refractivity contribution in [3.63, 3.8) is 0 Å². The summed E-state index contributed by atoms with van der Waals surface area (Å²) in [6.07, 6.45) is 0. The summed E-state index contributed by atoms with van der Waals surface area (Å²) < 4.78 is 16.6. The first-order valence-electron chi connectivity index (χ1n) is 9.61. The van der Waals surface area contributed by atoms with E-state index in [4.69, 9.17) is 13.9 Å². The Morgan fingerprint density at radius 2 is 1.58 bits per heavy atom. The largest absolute Gasteiger partial charge is 0.506 e. The number of benzene rings is 2. The Morgan fingerprint density at radius 3 is 2.13 bits per heavy atom. The lowest BCUT2D eigenvalue weighted by Crippen LogP contribution is -2.29. The third-order valence-corrected chi connectivity index (χ3v) is 5.17. The van der Waals surface area contributed by atoms with Crippen LogP contribution in [0.4, 0.5) is 5.69 Å². The zero-order chi connectivity index (χ0) is 22.1. The van der Waals surface area contributed by atoms with Gasteiger partial charge < -0.3 is 19.0 Å². The summed E-state index contributed by atoms with van der Waals surface area (Å²) >= 11 is 0. The minimum Gasteiger partial charge on any atom is -0.506 e. The van der Waals surface area contributed by atoms with Crippen LogP contribution in [0.5, 0.6) is 11.5 Å². The standard InChI is InChI=1S/C24H21NO6/c1-14-12-13-18(31-14)21-20(22(26)19-16(29-2)10-7-11-17(19)30-3)23(27)24(28)25(21)15-8-5-4-6-9-15/h4-13,21,26H,1-3H3/b22-20+. The second-order valence-corrected chi connectivity index (χ2v) is 6.99. The second-order valence-electron chi connectivity index (χ2n) is 6.99. The minimum atomic E-state index is -0.953. The number of hydrogen-bond donors (Lipinski definition) is 1. The molecule has 31 heavy (non-hydrogen) atoms. The molecule has 2 heterocycles. The van der Waals surface area contributed by atoms with Crippen LogP contribution < -0.4 is 14.4 Å². The lowest BCUT2D eigenvalue weighted by Gasteiger charge is -2.23. The Labute approximate surface area is 179 Å². The van der Waals surface area contributed by atoms with Crippen LogP contribution >= 0.6 is 0 Å². The molecule has 1 fully saturated rings. The summed E-state index contributed by atoms with van der Waals surface area (Å²) in [5.41, 5.74) is 0.590. The topological polar surface area (TPSA) is 89.2 Å². The first-order valence-corrected chi connectivity index (χ1v) is 9.61. The number of hydrogen-bond acceptors (Lipinski definition) is 6. The second kappa shape index (κ2) is 8.02. The summed E-state index contributed by atoms with van der Waals surface area (Å²) in [5.74, 6) is -0.409. The number of amides is 1. The monoisotopic (exact) mass is 419 g/mol. The number of ketones is 1. The maximum absolute atomic E-state index is 13.2. The highest BCUT2D eigenvalue weighted by molar-refractivity contribution is 6.51. The van der Waals surface area contributed by atoms with E-state index in [0.29, 0.717) is 28.7 Å². The molecule has 7 heteroatoms. The van der Waals surface area contributed by atoms with Crippen LogP contribution in [0, 0.1) is 6.92 Å². The third-order valence-electron chi connectivity index (χ3n) is 5.17. The van der Waals surface area contributed by atoms with Crippen molar-refractivity contribution >= 4 is 23.1 Å². The van der Waals surface area contributed by atoms with E-state index in [-0.39, 0.29) is 11.1 Å². The number of ether oxygens (including phenoxy) is 2. The maximum atomic E-state index is 13.2. The van der Waals surface area contributed by atoms with E-state index in [9.17, 15) is 14.7 Å². The number of Topliss-reactive ketones (excluding diaryl/α,β-unsaturated/α-hetero) is 1. The Balaban J connectivity index is 2.00. The van der Waals surface area contributed by atoms with Crippen molar-refractivity contribution in [1.82, 2.24) is 0 Å². The molecule has 1 atom stereocenters. The van der Waals surface area contributed by atoms with E-state index in [1.807, 2.05) is 6.07 Å². The van der Waals surface area contributed by atoms with Gasteiger partial charge in [-0.15, -0.1) is 0 Å². The molecule has 0 bridgehead atoms. The average molecular weight is 419 g/mol. The number of rotatable bonds is 5. The van der Waals surface area contributed by atoms with Gasteiger partial charge in [0.25, 0.3) is 11.7 Å². The predicted octanol–water partition coefficient (Wildman–Crippen LogP) is 4.23. The van der Waals surface area contributed by atoms with Crippen molar-refractivity contribution in [3.05, 3.63) is 83.3 Å². The number of nitrogens with zero attached hydrogens (tertiary/aromatic N) is 1. The predicted molar refractivity (Wildman–Crippen MR) is 114 cm³/mol. The number of methoxy groups -OCH3 is 2. The van der Waals surface area contributed by atoms with Gasteiger partial charge >= 0.3 is 0 Å². The van der Waals surface area contributed by atoms with Gasteiger partial charge in [0, 0.05) is 5.69 Å². The molecule has 0 spiro atoms. The molecular weight excluding hydrogens is 398 g/mol. The molecule has 1 aliphatic rings. The molecule has 0 radical (unpaired) electrons. The van der Waals surface area contributed by atoms with E-state index < -0.39 is 23.5 Å². The molecule has 0 aliphatic carbocycles. The highest BCUT2D eigenvalue weighted by atomic mass is 16.5. The fraction of sp³-hybridized carbons (Fsp3) is 0.167. The number of para-hydroxylation sites is 1. The van der Waals surface area contributed by atoms with Crippen LogP contribution in [-0.2, 0) is 9.59 Å². The van der Waals surface area contributed by atoms with Crippen molar-refractivity contribution in [3.8, 4) is 11.5 Å². The molecule has 2 aromatic carbocycles. The Bertz CT molecular complexity index is 1160. The van der Waals surface area contributed by atoms with Crippen molar-refractivity contribution in [2.24, 2.45) is 0 Å². The van der Waals surface area contributed by atoms with Crippen molar-refractivity contribution in [1.29, 1.82) is 0 Å². The molecule has 1 amide bonds. The summed E-state index contributed by atoms with van der Waals surface area (Å²) in [6.45, 7) is 1.77. The molecule has 1 aromatic heterocycles. The molecular formula is C24H21NO6. The Hall–Kier alpha value is -4.00. The quantitative estimate of drug-likeness (QED) is 0.378. The fourth-order valence-corrected chi connectivity index (χ4v) is 3.78. The van der Waals surface area contributed by atoms with Gasteiger partial charge in [0.1, 0.15) is 40.4 Å². The molecule has 7 nitrogen and oxygen atoms in total. The highest BCUT2D eigenvalue weighted by Crippen LogP contribution is 2.45. The van der Waals surface area contributed by atoms with E-state index in [1.165, 1.54) is 19.1 Å². The van der Waals surface area contributed by atoms with E-state index >= 15 is 0 Å². The average Bonchev–Trinajstić information content (AvgIpc) is 3.34. The van der Waals surface area contributed by atoms with Crippen LogP contribution in [0.1, 0.15) is 23.1 Å². The van der Waals surface area contributed by atoms with Gasteiger partial charge in [-0.25, -0.2) is 0 Å². The van der Waals surface area contributed by atoms with Crippen molar-refractivity contribution < 1.29 is 28.6 Å². The summed E-state index contributed by atoms with van der Waals surface area (Å²) in [7, 11) is 2.89. The molecule has 0 saturated carbocycles. The van der Waals surface area contributed by atoms with Gasteiger partial charge in [-0.2, -0.15) is 0 Å². The van der Waals surface area contributed by atoms with Crippen LogP contribution in [-0.4, -0.2) is 31.0 Å². The van der Waals surface area contributed by atoms with Gasteiger partial charge in [-0.05, 0) is 43.3 Å². The smallest absolute Gasteiger partial charge is 0.300 e. The molecule has 1 aliphatic heterocycles. The number of aliphatic hydroxyl groups excluding tert-OH is 1. The number of furan rings is 1. The van der Waals surface area contributed by atoms with Crippen LogP contribution in [0.3, 0.4) is 0 Å². The van der Waals surface area contributed by atoms with Crippen LogP contribution in [0.15, 0.2) is 70.7 Å². The van der Waals surface area contributed by atoms with Crippen LogP contribution in [0.25, 0.3) is 5.76 Å². The molecule has 1 N–H and O–H groups in total. The van der Waals surface area contributed by atoms with Crippen molar-refractivity contribution in [2.45, 2.75) is 13.0 Å². The fourth-order valence-electron chi connectivity index (χ4n) is 3.78. The summed E-state index contributed by atoms with van der Waals surface area (Å²) in [6, 6.07) is 16.2. The van der Waals surface area contributed by atoms with Gasteiger partial charge in [0.2, 0.25) is 0 Å². The molecule has 4 rings (SSSR count). The number of aliphatic hydroxyl groups is 1. The van der Waals surface area contributed by atoms with Gasteiger partial charge in [-0.1, -0.05) is 24.3 Å². The van der Waals surface area contributed by atoms with E-state index in [0.717, 1.165) is 0 Å². The lowest BCUT2D eigenvalue weighted by atomic mass is 9.98. The zero-order valence-electron chi connectivity index (χ0n) is 17.3. The number of aryl methyl sites for hydroxylation is 1. The first-order chi connectivity index (χ1) is 15.0. The molecule has 158 valence electrons. The Kier molecular flexibility index (Phi) is 5.25. The SMILES string of the molecule is COc1cccc(OC)c1/C(O)=C1\C(=O)C(=O)N(c2ccccc2)C1c1ccc(C)o1. The van der Waals surface area contributed by atoms with Gasteiger partial charge in [0.05, 0.1) is 19.8 Å². The number of anilines is 1. The molecule has 1 saturated heterocycles. The van der Waals surface area contributed by atoms with E-state index in [2.05, 4.69) is 0 Å². The zero-order valence-corrected chi connectivity index (χ0v) is 17.3. The van der Waals surface area contributed by atoms with Gasteiger partial charge in [0.15, 0.2) is 0 Å². The van der Waals surface area contributed by atoms with Crippen molar-refractivity contribution in [2.75, 3.05) is 19.1 Å².